The second kappa shape index (κ2) is 7.52. The lowest BCUT2D eigenvalue weighted by Crippen LogP contribution is -2.24. The number of nitrogens with zero attached hydrogens (tertiary/aromatic N) is 3. The zero-order valence-electron chi connectivity index (χ0n) is 12.6. The summed E-state index contributed by atoms with van der Waals surface area (Å²) in [7, 11) is 0. The monoisotopic (exact) mass is 339 g/mol. The van der Waals surface area contributed by atoms with Gasteiger partial charge in [0.15, 0.2) is 11.5 Å². The van der Waals surface area contributed by atoms with Crippen molar-refractivity contribution in [2.75, 3.05) is 5.32 Å². The minimum atomic E-state index is -0.288. The van der Waals surface area contributed by atoms with Gasteiger partial charge in [0, 0.05) is 29.6 Å². The van der Waals surface area contributed by atoms with Crippen LogP contribution in [0.25, 0.3) is 0 Å². The van der Waals surface area contributed by atoms with Crippen molar-refractivity contribution in [1.82, 2.24) is 20.5 Å². The molecule has 3 aromatic rings. The van der Waals surface area contributed by atoms with Crippen LogP contribution in [0, 0.1) is 0 Å². The van der Waals surface area contributed by atoms with Crippen LogP contribution in [0.4, 0.5) is 11.5 Å². The third-order valence-corrected chi connectivity index (χ3v) is 3.44. The summed E-state index contributed by atoms with van der Waals surface area (Å²) in [6.45, 7) is 0.388. The summed E-state index contributed by atoms with van der Waals surface area (Å²) in [6.07, 6.45) is 3.38. The van der Waals surface area contributed by atoms with Gasteiger partial charge in [-0.15, -0.1) is 10.2 Å². The Hall–Kier alpha value is -2.99. The molecule has 120 valence electrons. The second-order valence-electron chi connectivity index (χ2n) is 4.98. The zero-order chi connectivity index (χ0) is 16.8. The number of amides is 1. The number of anilines is 2. The van der Waals surface area contributed by atoms with Gasteiger partial charge >= 0.3 is 0 Å². The molecule has 2 heterocycles. The molecule has 0 unspecified atom stereocenters. The first-order valence-electron chi connectivity index (χ1n) is 7.24. The molecule has 1 amide bonds. The fraction of sp³-hybridized carbons (Fsp3) is 0.0588. The summed E-state index contributed by atoms with van der Waals surface area (Å²) in [4.78, 5) is 16.1. The summed E-state index contributed by atoms with van der Waals surface area (Å²) in [5.74, 6) is 0.255. The van der Waals surface area contributed by atoms with Gasteiger partial charge in [-0.25, -0.2) is 0 Å². The molecule has 0 fully saturated rings. The van der Waals surface area contributed by atoms with Crippen molar-refractivity contribution in [2.45, 2.75) is 6.54 Å². The molecule has 0 spiro atoms. The van der Waals surface area contributed by atoms with Gasteiger partial charge in [-0.3, -0.25) is 9.78 Å². The fourth-order valence-electron chi connectivity index (χ4n) is 1.98. The molecule has 2 N–H and O–H groups in total. The molecule has 3 rings (SSSR count). The van der Waals surface area contributed by atoms with Gasteiger partial charge in [0.25, 0.3) is 5.91 Å². The third-order valence-electron chi connectivity index (χ3n) is 3.19. The number of hydrogen-bond donors (Lipinski definition) is 2. The van der Waals surface area contributed by atoms with Crippen LogP contribution in [0.15, 0.2) is 60.9 Å². The van der Waals surface area contributed by atoms with E-state index in [1.54, 1.807) is 36.7 Å². The van der Waals surface area contributed by atoms with E-state index in [1.165, 1.54) is 0 Å². The van der Waals surface area contributed by atoms with E-state index >= 15 is 0 Å². The number of hydrogen-bond acceptors (Lipinski definition) is 5. The summed E-state index contributed by atoms with van der Waals surface area (Å²) in [5, 5.41) is 14.5. The largest absolute Gasteiger partial charge is 0.347 e. The van der Waals surface area contributed by atoms with Crippen LogP contribution >= 0.6 is 11.6 Å². The van der Waals surface area contributed by atoms with Crippen molar-refractivity contribution in [2.24, 2.45) is 0 Å². The molecule has 0 bridgehead atoms. The topological polar surface area (TPSA) is 79.8 Å². The van der Waals surface area contributed by atoms with E-state index in [0.717, 1.165) is 11.3 Å². The maximum Gasteiger partial charge on any atom is 0.272 e. The van der Waals surface area contributed by atoms with E-state index in [1.807, 2.05) is 24.3 Å². The number of carbonyl (C=O) groups excluding carboxylic acids is 1. The van der Waals surface area contributed by atoms with Crippen LogP contribution in [0.1, 0.15) is 16.1 Å². The standard InChI is InChI=1S/C17H14ClN5O/c18-13-3-5-14(6-4-13)21-16-8-7-15(22-23-16)17(24)20-11-12-2-1-9-19-10-12/h1-10H,11H2,(H,20,24)(H,21,23). The summed E-state index contributed by atoms with van der Waals surface area (Å²) in [5.41, 5.74) is 2.00. The quantitative estimate of drug-likeness (QED) is 0.746. The van der Waals surface area contributed by atoms with E-state index in [4.69, 9.17) is 11.6 Å². The number of carbonyl (C=O) groups is 1. The summed E-state index contributed by atoms with van der Waals surface area (Å²) in [6, 6.07) is 14.2. The molecule has 0 atom stereocenters. The van der Waals surface area contributed by atoms with Gasteiger partial charge in [0.05, 0.1) is 0 Å². The molecule has 0 saturated carbocycles. The lowest BCUT2D eigenvalue weighted by Gasteiger charge is -2.06. The highest BCUT2D eigenvalue weighted by atomic mass is 35.5. The fourth-order valence-corrected chi connectivity index (χ4v) is 2.10. The molecule has 0 aliphatic carbocycles. The molecule has 0 aliphatic heterocycles. The van der Waals surface area contributed by atoms with Crippen molar-refractivity contribution < 1.29 is 4.79 Å². The average Bonchev–Trinajstić information content (AvgIpc) is 2.63. The Morgan fingerprint density at radius 3 is 2.54 bits per heavy atom. The van der Waals surface area contributed by atoms with Gasteiger partial charge in [0.2, 0.25) is 0 Å². The van der Waals surface area contributed by atoms with E-state index in [9.17, 15) is 4.79 Å². The first kappa shape index (κ1) is 15.9. The molecular weight excluding hydrogens is 326 g/mol. The number of halogens is 1. The Balaban J connectivity index is 1.59. The highest BCUT2D eigenvalue weighted by Gasteiger charge is 2.08. The molecule has 0 radical (unpaired) electrons. The Kier molecular flexibility index (Phi) is 4.98. The smallest absolute Gasteiger partial charge is 0.272 e. The number of pyridine rings is 1. The molecule has 6 nitrogen and oxygen atoms in total. The first-order valence-corrected chi connectivity index (χ1v) is 7.62. The summed E-state index contributed by atoms with van der Waals surface area (Å²) < 4.78 is 0. The molecule has 7 heteroatoms. The second-order valence-corrected chi connectivity index (χ2v) is 5.42. The molecule has 24 heavy (non-hydrogen) atoms. The molecule has 1 aromatic carbocycles. The van der Waals surface area contributed by atoms with Crippen molar-refractivity contribution in [1.29, 1.82) is 0 Å². The first-order chi connectivity index (χ1) is 11.7. The number of rotatable bonds is 5. The Labute approximate surface area is 143 Å². The number of nitrogens with one attached hydrogen (secondary N) is 2. The van der Waals surface area contributed by atoms with Gasteiger partial charge in [-0.2, -0.15) is 0 Å². The van der Waals surface area contributed by atoms with Gasteiger partial charge in [-0.05, 0) is 48.0 Å². The van der Waals surface area contributed by atoms with Gasteiger partial charge < -0.3 is 10.6 Å². The zero-order valence-corrected chi connectivity index (χ0v) is 13.4. The van der Waals surface area contributed by atoms with Crippen LogP contribution in [-0.2, 0) is 6.54 Å². The van der Waals surface area contributed by atoms with E-state index < -0.39 is 0 Å². The number of aromatic nitrogens is 3. The van der Waals surface area contributed by atoms with E-state index in [0.29, 0.717) is 17.4 Å². The van der Waals surface area contributed by atoms with Crippen molar-refractivity contribution >= 4 is 29.0 Å². The highest BCUT2D eigenvalue weighted by Crippen LogP contribution is 2.17. The SMILES string of the molecule is O=C(NCc1cccnc1)c1ccc(Nc2ccc(Cl)cc2)nn1. The Morgan fingerprint density at radius 2 is 1.88 bits per heavy atom. The minimum absolute atomic E-state index is 0.251. The average molecular weight is 340 g/mol. The Bertz CT molecular complexity index is 807. The van der Waals surface area contributed by atoms with Crippen LogP contribution in [-0.4, -0.2) is 21.1 Å². The minimum Gasteiger partial charge on any atom is -0.347 e. The third kappa shape index (κ3) is 4.27. The van der Waals surface area contributed by atoms with Crippen LogP contribution in [0.5, 0.6) is 0 Å². The lowest BCUT2D eigenvalue weighted by molar-refractivity contribution is 0.0945. The van der Waals surface area contributed by atoms with Crippen LogP contribution < -0.4 is 10.6 Å². The molecule has 0 saturated heterocycles. The maximum absolute atomic E-state index is 12.1. The highest BCUT2D eigenvalue weighted by molar-refractivity contribution is 6.30. The van der Waals surface area contributed by atoms with Crippen molar-refractivity contribution in [3.8, 4) is 0 Å². The van der Waals surface area contributed by atoms with E-state index in [-0.39, 0.29) is 11.6 Å². The van der Waals surface area contributed by atoms with E-state index in [2.05, 4.69) is 25.8 Å². The number of benzene rings is 1. The molecular formula is C17H14ClN5O. The normalized spacial score (nSPS) is 10.2. The van der Waals surface area contributed by atoms with Crippen molar-refractivity contribution in [3.05, 3.63) is 77.2 Å². The van der Waals surface area contributed by atoms with Gasteiger partial charge in [-0.1, -0.05) is 17.7 Å². The van der Waals surface area contributed by atoms with Crippen LogP contribution in [0.2, 0.25) is 5.02 Å². The predicted octanol–water partition coefficient (Wildman–Crippen LogP) is 3.20. The maximum atomic E-state index is 12.1. The van der Waals surface area contributed by atoms with Crippen LogP contribution in [0.3, 0.4) is 0 Å². The lowest BCUT2D eigenvalue weighted by atomic mass is 10.3. The Morgan fingerprint density at radius 1 is 1.04 bits per heavy atom. The molecule has 2 aromatic heterocycles. The van der Waals surface area contributed by atoms with Crippen molar-refractivity contribution in [3.63, 3.8) is 0 Å². The molecule has 0 aliphatic rings. The predicted molar refractivity (Wildman–Crippen MR) is 92.2 cm³/mol. The van der Waals surface area contributed by atoms with Gasteiger partial charge in [0.1, 0.15) is 0 Å². The summed E-state index contributed by atoms with van der Waals surface area (Å²) >= 11 is 5.84.